The summed E-state index contributed by atoms with van der Waals surface area (Å²) in [6, 6.07) is 8.25. The average molecular weight is 548 g/mol. The number of nitrogens with zero attached hydrogens (tertiary/aromatic N) is 2. The predicted molar refractivity (Wildman–Crippen MR) is 130 cm³/mol. The van der Waals surface area contributed by atoms with E-state index in [-0.39, 0.29) is 14.1 Å². The molecule has 2 heterocycles. The van der Waals surface area contributed by atoms with Crippen LogP contribution in [0.4, 0.5) is 36.4 Å². The smallest absolute Gasteiger partial charge is 0.396 e. The first-order valence-electron chi connectivity index (χ1n) is 11.8. The van der Waals surface area contributed by atoms with Gasteiger partial charge in [-0.3, -0.25) is 9.80 Å². The van der Waals surface area contributed by atoms with Gasteiger partial charge in [0.05, 0.1) is 5.69 Å². The standard InChI is InChI=1S/C21H22F7N3O.C4H8O.B/c22-17-11-15(3-6-18(17)29)13-31-9-7-30(8-10-31)12-14-1-4-16(5-2-14)19(32,20(23,24)25)21(26,27)28;1-2-4-5-3-1;/h1-6,11,32H,7-10,12-13,29H2;1-4H2;. The van der Waals surface area contributed by atoms with Gasteiger partial charge in [0.1, 0.15) is 5.82 Å². The van der Waals surface area contributed by atoms with Gasteiger partial charge in [-0.1, -0.05) is 30.3 Å². The molecule has 3 radical (unpaired) electrons. The maximum absolute atomic E-state index is 13.6. The van der Waals surface area contributed by atoms with Crippen LogP contribution in [-0.4, -0.2) is 75.1 Å². The van der Waals surface area contributed by atoms with E-state index in [1.165, 1.54) is 25.0 Å². The molecule has 0 atom stereocenters. The molecule has 2 saturated heterocycles. The Bertz CT molecular complexity index is 986. The number of nitrogen functional groups attached to an aromatic ring is 1. The van der Waals surface area contributed by atoms with Gasteiger partial charge >= 0.3 is 12.4 Å². The van der Waals surface area contributed by atoms with E-state index < -0.39 is 29.3 Å². The number of benzene rings is 2. The number of hydrogen-bond acceptors (Lipinski definition) is 5. The maximum atomic E-state index is 13.6. The summed E-state index contributed by atoms with van der Waals surface area (Å²) < 4.78 is 96.4. The number of anilines is 1. The summed E-state index contributed by atoms with van der Waals surface area (Å²) in [4.78, 5) is 4.12. The molecule has 13 heteroatoms. The molecule has 0 saturated carbocycles. The summed E-state index contributed by atoms with van der Waals surface area (Å²) in [5, 5.41) is 9.45. The number of nitrogens with two attached hydrogens (primary N) is 1. The van der Waals surface area contributed by atoms with Crippen LogP contribution in [0.25, 0.3) is 0 Å². The maximum Gasteiger partial charge on any atom is 0.430 e. The van der Waals surface area contributed by atoms with Crippen LogP contribution < -0.4 is 5.73 Å². The summed E-state index contributed by atoms with van der Waals surface area (Å²) in [5.74, 6) is -0.479. The Kier molecular flexibility index (Phi) is 11.0. The Morgan fingerprint density at radius 2 is 1.21 bits per heavy atom. The van der Waals surface area contributed by atoms with Gasteiger partial charge in [-0.15, -0.1) is 0 Å². The molecule has 209 valence electrons. The number of alkyl halides is 6. The lowest BCUT2D eigenvalue weighted by atomic mass is 9.91. The molecule has 2 fully saturated rings. The van der Waals surface area contributed by atoms with E-state index in [0.717, 1.165) is 30.9 Å². The van der Waals surface area contributed by atoms with E-state index in [0.29, 0.717) is 57.0 Å². The van der Waals surface area contributed by atoms with Gasteiger partial charge in [0, 0.05) is 66.5 Å². The van der Waals surface area contributed by atoms with E-state index in [2.05, 4.69) is 4.90 Å². The van der Waals surface area contributed by atoms with Crippen molar-refractivity contribution in [3.63, 3.8) is 0 Å². The quantitative estimate of drug-likeness (QED) is 0.329. The van der Waals surface area contributed by atoms with Crippen molar-refractivity contribution < 1.29 is 40.6 Å². The lowest BCUT2D eigenvalue weighted by Gasteiger charge is -2.35. The van der Waals surface area contributed by atoms with E-state index in [9.17, 15) is 35.8 Å². The van der Waals surface area contributed by atoms with Gasteiger partial charge in [0.25, 0.3) is 5.60 Å². The number of rotatable bonds is 5. The minimum absolute atomic E-state index is 0. The van der Waals surface area contributed by atoms with Crippen molar-refractivity contribution in [3.05, 3.63) is 65.0 Å². The normalized spacial score (nSPS) is 17.5. The van der Waals surface area contributed by atoms with Crippen molar-refractivity contribution in [2.45, 2.75) is 43.9 Å². The van der Waals surface area contributed by atoms with Crippen LogP contribution >= 0.6 is 0 Å². The number of hydrogen-bond donors (Lipinski definition) is 2. The second-order valence-corrected chi connectivity index (χ2v) is 9.13. The zero-order chi connectivity index (χ0) is 27.3. The van der Waals surface area contributed by atoms with Gasteiger partial charge in [0.2, 0.25) is 0 Å². The Morgan fingerprint density at radius 1 is 0.763 bits per heavy atom. The van der Waals surface area contributed by atoms with Crippen molar-refractivity contribution in [2.24, 2.45) is 0 Å². The van der Waals surface area contributed by atoms with Crippen LogP contribution in [0.1, 0.15) is 29.5 Å². The molecule has 2 aliphatic rings. The van der Waals surface area contributed by atoms with E-state index >= 15 is 0 Å². The summed E-state index contributed by atoms with van der Waals surface area (Å²) in [7, 11) is 0. The van der Waals surface area contributed by atoms with Crippen LogP contribution in [0, 0.1) is 5.82 Å². The van der Waals surface area contributed by atoms with Gasteiger partial charge in [-0.25, -0.2) is 4.39 Å². The minimum Gasteiger partial charge on any atom is -0.396 e. The SMILES string of the molecule is C1CCOC1.Nc1ccc(CN2CCN(Cc3ccc(C(O)(C(F)(F)F)C(F)(F)F)cc3)CC2)cc1F.[B]. The van der Waals surface area contributed by atoms with Crippen molar-refractivity contribution in [2.75, 3.05) is 45.1 Å². The third kappa shape index (κ3) is 7.84. The van der Waals surface area contributed by atoms with Gasteiger partial charge in [-0.2, -0.15) is 26.3 Å². The Balaban J connectivity index is 0.000000756. The lowest BCUT2D eigenvalue weighted by Crippen LogP contribution is -2.53. The molecule has 2 aromatic carbocycles. The first kappa shape index (κ1) is 31.9. The van der Waals surface area contributed by atoms with Crippen LogP contribution in [0.3, 0.4) is 0 Å². The molecule has 38 heavy (non-hydrogen) atoms. The number of piperazine rings is 1. The van der Waals surface area contributed by atoms with Gasteiger partial charge in [0.15, 0.2) is 0 Å². The fourth-order valence-electron chi connectivity index (χ4n) is 4.14. The molecule has 0 aromatic heterocycles. The van der Waals surface area contributed by atoms with Crippen LogP contribution in [0.5, 0.6) is 0 Å². The topological polar surface area (TPSA) is 62.0 Å². The number of aliphatic hydroxyl groups is 1. The van der Waals surface area contributed by atoms with Crippen molar-refractivity contribution in [3.8, 4) is 0 Å². The van der Waals surface area contributed by atoms with Crippen LogP contribution in [0.2, 0.25) is 0 Å². The Labute approximate surface area is 218 Å². The van der Waals surface area contributed by atoms with Gasteiger partial charge < -0.3 is 15.6 Å². The third-order valence-electron chi connectivity index (χ3n) is 6.36. The second-order valence-electron chi connectivity index (χ2n) is 9.13. The zero-order valence-electron chi connectivity index (χ0n) is 20.7. The predicted octanol–water partition coefficient (Wildman–Crippen LogP) is 4.45. The monoisotopic (exact) mass is 548 g/mol. The highest BCUT2D eigenvalue weighted by Crippen LogP contribution is 2.49. The fourth-order valence-corrected chi connectivity index (χ4v) is 4.14. The van der Waals surface area contributed by atoms with Crippen molar-refractivity contribution >= 4 is 14.1 Å². The van der Waals surface area contributed by atoms with E-state index in [1.807, 2.05) is 4.90 Å². The molecular formula is C25H30BF7N3O2. The summed E-state index contributed by atoms with van der Waals surface area (Å²) in [5.41, 5.74) is 0.648. The highest BCUT2D eigenvalue weighted by Gasteiger charge is 2.71. The first-order valence-corrected chi connectivity index (χ1v) is 11.8. The zero-order valence-corrected chi connectivity index (χ0v) is 20.7. The third-order valence-corrected chi connectivity index (χ3v) is 6.36. The van der Waals surface area contributed by atoms with Crippen molar-refractivity contribution in [1.82, 2.24) is 9.80 Å². The van der Waals surface area contributed by atoms with Crippen LogP contribution in [0.15, 0.2) is 42.5 Å². The molecule has 0 bridgehead atoms. The lowest BCUT2D eigenvalue weighted by molar-refractivity contribution is -0.376. The molecule has 0 spiro atoms. The minimum atomic E-state index is -5.91. The summed E-state index contributed by atoms with van der Waals surface area (Å²) in [6.45, 7) is 5.43. The molecule has 5 nitrogen and oxygen atoms in total. The number of halogens is 7. The molecule has 3 N–H and O–H groups in total. The Hall–Kier alpha value is -2.35. The van der Waals surface area contributed by atoms with Gasteiger partial charge in [-0.05, 0) is 36.1 Å². The molecule has 0 unspecified atom stereocenters. The highest BCUT2D eigenvalue weighted by atomic mass is 19.4. The first-order chi connectivity index (χ1) is 17.3. The van der Waals surface area contributed by atoms with E-state index in [1.54, 1.807) is 6.07 Å². The summed E-state index contributed by atoms with van der Waals surface area (Å²) >= 11 is 0. The van der Waals surface area contributed by atoms with Crippen molar-refractivity contribution in [1.29, 1.82) is 0 Å². The number of ether oxygens (including phenoxy) is 1. The molecule has 2 aromatic rings. The van der Waals surface area contributed by atoms with E-state index in [4.69, 9.17) is 10.5 Å². The molecule has 2 aliphatic heterocycles. The largest absolute Gasteiger partial charge is 0.430 e. The fraction of sp³-hybridized carbons (Fsp3) is 0.520. The second kappa shape index (κ2) is 13.1. The highest BCUT2D eigenvalue weighted by molar-refractivity contribution is 5.75. The molecule has 4 rings (SSSR count). The Morgan fingerprint density at radius 3 is 1.61 bits per heavy atom. The molecular weight excluding hydrogens is 518 g/mol. The summed E-state index contributed by atoms with van der Waals surface area (Å²) in [6.07, 6.45) is -9.26. The van der Waals surface area contributed by atoms with Crippen LogP contribution in [-0.2, 0) is 23.4 Å². The molecule has 0 amide bonds. The average Bonchev–Trinajstić information content (AvgIpc) is 3.42. The molecule has 0 aliphatic carbocycles.